The van der Waals surface area contributed by atoms with E-state index in [-0.39, 0.29) is 6.04 Å². The second kappa shape index (κ2) is 6.64. The Morgan fingerprint density at radius 1 is 1.03 bits per heavy atom. The summed E-state index contributed by atoms with van der Waals surface area (Å²) in [5, 5.41) is 7.68. The van der Waals surface area contributed by atoms with Gasteiger partial charge < -0.3 is 16.8 Å². The molecule has 9 nitrogen and oxygen atoms in total. The first-order chi connectivity index (χ1) is 15.2. The first kappa shape index (κ1) is 17.6. The summed E-state index contributed by atoms with van der Waals surface area (Å²) in [5.74, 6) is 1.78. The molecule has 1 aliphatic heterocycles. The van der Waals surface area contributed by atoms with Crippen LogP contribution < -0.4 is 16.8 Å². The molecule has 5 N–H and O–H groups in total. The minimum atomic E-state index is -0.0124. The zero-order valence-corrected chi connectivity index (χ0v) is 16.5. The molecule has 0 fully saturated rings. The summed E-state index contributed by atoms with van der Waals surface area (Å²) < 4.78 is 3.72. The Bertz CT molecular complexity index is 1420. The number of rotatable bonds is 3. The fourth-order valence-electron chi connectivity index (χ4n) is 4.00. The molecule has 5 heterocycles. The van der Waals surface area contributed by atoms with Crippen molar-refractivity contribution in [3.05, 3.63) is 72.7 Å². The first-order valence-electron chi connectivity index (χ1n) is 9.93. The van der Waals surface area contributed by atoms with E-state index in [4.69, 9.17) is 21.4 Å². The number of nitrogens with zero attached hydrogens (tertiary/aromatic N) is 6. The molecule has 1 aliphatic rings. The highest BCUT2D eigenvalue weighted by atomic mass is 15.3. The van der Waals surface area contributed by atoms with E-state index in [0.29, 0.717) is 29.7 Å². The van der Waals surface area contributed by atoms with Gasteiger partial charge in [-0.25, -0.2) is 19.6 Å². The largest absolute Gasteiger partial charge is 0.383 e. The van der Waals surface area contributed by atoms with Gasteiger partial charge in [-0.3, -0.25) is 4.57 Å². The van der Waals surface area contributed by atoms with Crippen molar-refractivity contribution in [3.63, 3.8) is 0 Å². The number of hydrogen-bond acceptors (Lipinski definition) is 7. The molecule has 31 heavy (non-hydrogen) atoms. The average molecular weight is 409 g/mol. The van der Waals surface area contributed by atoms with E-state index >= 15 is 0 Å². The van der Waals surface area contributed by atoms with Gasteiger partial charge in [0.05, 0.1) is 11.3 Å². The minimum Gasteiger partial charge on any atom is -0.383 e. The number of pyridine rings is 2. The molecular weight excluding hydrogens is 390 g/mol. The standard InChI is InChI=1S/C22H19N9/c23-16-12-26-18-11-13(4-5-14(16)18)31-21(15-3-1-8-25-20(15)24)28-17-6-7-19(29-22(17)31)30-10-2-9-27-30/h1-11,16,26H,12,23H2,(H2,24,25). The van der Waals surface area contributed by atoms with Crippen LogP contribution in [0.4, 0.5) is 11.5 Å². The quantitative estimate of drug-likeness (QED) is 0.418. The summed E-state index contributed by atoms with van der Waals surface area (Å²) in [6, 6.07) is 15.6. The van der Waals surface area contributed by atoms with E-state index in [1.54, 1.807) is 17.1 Å². The number of nitrogen functional groups attached to an aromatic ring is 1. The van der Waals surface area contributed by atoms with Gasteiger partial charge in [0.2, 0.25) is 0 Å². The molecule has 4 aromatic heterocycles. The van der Waals surface area contributed by atoms with Crippen LogP contribution >= 0.6 is 0 Å². The van der Waals surface area contributed by atoms with Gasteiger partial charge in [-0.15, -0.1) is 0 Å². The highest BCUT2D eigenvalue weighted by Gasteiger charge is 2.22. The fraction of sp³-hybridized carbons (Fsp3) is 0.0909. The number of nitrogens with one attached hydrogen (secondary N) is 1. The Labute approximate surface area is 177 Å². The van der Waals surface area contributed by atoms with Crippen LogP contribution in [-0.4, -0.2) is 35.8 Å². The molecule has 0 saturated heterocycles. The van der Waals surface area contributed by atoms with Crippen LogP contribution in [0.2, 0.25) is 0 Å². The maximum Gasteiger partial charge on any atom is 0.167 e. The number of imidazole rings is 1. The lowest BCUT2D eigenvalue weighted by atomic mass is 10.1. The Balaban J connectivity index is 1.64. The molecular formula is C22H19N9. The Morgan fingerprint density at radius 2 is 1.97 bits per heavy atom. The number of nitrogens with two attached hydrogens (primary N) is 2. The third-order valence-corrected chi connectivity index (χ3v) is 5.52. The number of aromatic nitrogens is 6. The monoisotopic (exact) mass is 409 g/mol. The molecule has 0 aliphatic carbocycles. The lowest BCUT2D eigenvalue weighted by Crippen LogP contribution is -2.11. The summed E-state index contributed by atoms with van der Waals surface area (Å²) >= 11 is 0. The van der Waals surface area contributed by atoms with Crippen LogP contribution in [0.5, 0.6) is 0 Å². The van der Waals surface area contributed by atoms with E-state index in [1.165, 1.54) is 0 Å². The topological polar surface area (TPSA) is 125 Å². The molecule has 5 aromatic rings. The smallest absolute Gasteiger partial charge is 0.167 e. The van der Waals surface area contributed by atoms with Crippen molar-refractivity contribution in [2.75, 3.05) is 17.6 Å². The van der Waals surface area contributed by atoms with Crippen LogP contribution in [0.15, 0.2) is 67.1 Å². The van der Waals surface area contributed by atoms with Crippen molar-refractivity contribution >= 4 is 22.7 Å². The van der Waals surface area contributed by atoms with Gasteiger partial charge in [0.1, 0.15) is 11.3 Å². The van der Waals surface area contributed by atoms with Gasteiger partial charge in [-0.2, -0.15) is 5.10 Å². The summed E-state index contributed by atoms with van der Waals surface area (Å²) in [5.41, 5.74) is 17.6. The maximum atomic E-state index is 6.21. The van der Waals surface area contributed by atoms with Gasteiger partial charge in [0.15, 0.2) is 17.3 Å². The molecule has 0 amide bonds. The van der Waals surface area contributed by atoms with Crippen LogP contribution in [0.25, 0.3) is 34.1 Å². The third-order valence-electron chi connectivity index (χ3n) is 5.52. The van der Waals surface area contributed by atoms with E-state index in [1.807, 2.05) is 47.2 Å². The van der Waals surface area contributed by atoms with E-state index in [0.717, 1.165) is 28.0 Å². The molecule has 0 saturated carbocycles. The number of anilines is 2. The zero-order valence-electron chi connectivity index (χ0n) is 16.5. The molecule has 1 atom stereocenters. The Morgan fingerprint density at radius 3 is 2.81 bits per heavy atom. The maximum absolute atomic E-state index is 6.21. The molecule has 9 heteroatoms. The lowest BCUT2D eigenvalue weighted by Gasteiger charge is -2.12. The van der Waals surface area contributed by atoms with Gasteiger partial charge in [0, 0.05) is 36.9 Å². The predicted molar refractivity (Wildman–Crippen MR) is 119 cm³/mol. The van der Waals surface area contributed by atoms with E-state index in [2.05, 4.69) is 27.5 Å². The van der Waals surface area contributed by atoms with Gasteiger partial charge in [-0.05, 0) is 48.0 Å². The van der Waals surface area contributed by atoms with E-state index < -0.39 is 0 Å². The summed E-state index contributed by atoms with van der Waals surface area (Å²) in [7, 11) is 0. The second-order valence-electron chi connectivity index (χ2n) is 7.43. The fourth-order valence-corrected chi connectivity index (χ4v) is 4.00. The number of fused-ring (bicyclic) bond motifs is 2. The number of benzene rings is 1. The molecule has 0 spiro atoms. The molecule has 0 radical (unpaired) electrons. The van der Waals surface area contributed by atoms with Crippen LogP contribution in [0, 0.1) is 0 Å². The SMILES string of the molecule is Nc1ncccc1-c1nc2ccc(-n3cccn3)nc2n1-c1ccc2c(c1)NCC2N. The third kappa shape index (κ3) is 2.75. The number of hydrogen-bond donors (Lipinski definition) is 3. The van der Waals surface area contributed by atoms with Crippen LogP contribution in [0.3, 0.4) is 0 Å². The van der Waals surface area contributed by atoms with Crippen LogP contribution in [0.1, 0.15) is 11.6 Å². The summed E-state index contributed by atoms with van der Waals surface area (Å²) in [6.45, 7) is 0.716. The van der Waals surface area contributed by atoms with Crippen molar-refractivity contribution in [1.29, 1.82) is 0 Å². The molecule has 1 aromatic carbocycles. The molecule has 6 rings (SSSR count). The molecule has 152 valence electrons. The summed E-state index contributed by atoms with van der Waals surface area (Å²) in [6.07, 6.45) is 5.25. The lowest BCUT2D eigenvalue weighted by molar-refractivity contribution is 0.808. The molecule has 1 unspecified atom stereocenters. The van der Waals surface area contributed by atoms with E-state index in [9.17, 15) is 0 Å². The van der Waals surface area contributed by atoms with Crippen molar-refractivity contribution < 1.29 is 0 Å². The normalized spacial score (nSPS) is 15.2. The predicted octanol–water partition coefficient (Wildman–Crippen LogP) is 2.68. The highest BCUT2D eigenvalue weighted by Crippen LogP contribution is 2.34. The summed E-state index contributed by atoms with van der Waals surface area (Å²) in [4.78, 5) is 14.0. The van der Waals surface area contributed by atoms with Gasteiger partial charge in [0.25, 0.3) is 0 Å². The average Bonchev–Trinajstić information content (AvgIpc) is 3.52. The minimum absolute atomic E-state index is 0.0124. The molecule has 0 bridgehead atoms. The van der Waals surface area contributed by atoms with Crippen molar-refractivity contribution in [2.24, 2.45) is 5.73 Å². The second-order valence-corrected chi connectivity index (χ2v) is 7.43. The zero-order chi connectivity index (χ0) is 20.9. The highest BCUT2D eigenvalue weighted by molar-refractivity contribution is 5.83. The Hall–Kier alpha value is -4.24. The van der Waals surface area contributed by atoms with Crippen molar-refractivity contribution in [3.8, 4) is 22.9 Å². The van der Waals surface area contributed by atoms with Gasteiger partial charge >= 0.3 is 0 Å². The van der Waals surface area contributed by atoms with Crippen molar-refractivity contribution in [1.82, 2.24) is 29.3 Å². The Kier molecular flexibility index (Phi) is 3.77. The van der Waals surface area contributed by atoms with Crippen LogP contribution in [-0.2, 0) is 0 Å². The van der Waals surface area contributed by atoms with Gasteiger partial charge in [-0.1, -0.05) is 6.07 Å². The first-order valence-corrected chi connectivity index (χ1v) is 9.93. The van der Waals surface area contributed by atoms with Crippen molar-refractivity contribution in [2.45, 2.75) is 6.04 Å².